The second kappa shape index (κ2) is 5.98. The van der Waals surface area contributed by atoms with Crippen LogP contribution in [0.5, 0.6) is 0 Å². The fourth-order valence-electron chi connectivity index (χ4n) is 2.93. The van der Waals surface area contributed by atoms with Crippen LogP contribution in [0.25, 0.3) is 11.1 Å². The molecule has 2 aromatic carbocycles. The summed E-state index contributed by atoms with van der Waals surface area (Å²) in [7, 11) is 0. The van der Waals surface area contributed by atoms with Crippen molar-refractivity contribution in [3.8, 4) is 11.1 Å². The second-order valence-electron chi connectivity index (χ2n) is 5.54. The molecule has 0 saturated heterocycles. The van der Waals surface area contributed by atoms with E-state index in [-0.39, 0.29) is 0 Å². The van der Waals surface area contributed by atoms with Gasteiger partial charge in [0.15, 0.2) is 0 Å². The standard InChI is InChI=1S/C22H17N/c1-4-10-18-16-22(17-19(18)11-5-1)23(20-12-6-2-7-13-20)21-14-8-3-9-15-21/h1-17H. The van der Waals surface area contributed by atoms with Crippen molar-refractivity contribution in [3.05, 3.63) is 103 Å². The molecule has 0 amide bonds. The predicted octanol–water partition coefficient (Wildman–Crippen LogP) is 6.26. The van der Waals surface area contributed by atoms with Crippen molar-refractivity contribution in [1.82, 2.24) is 0 Å². The van der Waals surface area contributed by atoms with Gasteiger partial charge in [-0.1, -0.05) is 66.7 Å². The van der Waals surface area contributed by atoms with Crippen LogP contribution >= 0.6 is 0 Å². The van der Waals surface area contributed by atoms with Crippen LogP contribution in [-0.2, 0) is 0 Å². The smallest absolute Gasteiger partial charge is 0.0473 e. The molecule has 0 heterocycles. The summed E-state index contributed by atoms with van der Waals surface area (Å²) in [5.74, 6) is 0. The maximum atomic E-state index is 2.29. The summed E-state index contributed by atoms with van der Waals surface area (Å²) >= 11 is 0. The first-order valence-electron chi connectivity index (χ1n) is 7.81. The molecule has 2 aliphatic carbocycles. The Morgan fingerprint density at radius 1 is 0.391 bits per heavy atom. The van der Waals surface area contributed by atoms with Gasteiger partial charge < -0.3 is 4.90 Å². The van der Waals surface area contributed by atoms with E-state index < -0.39 is 0 Å². The van der Waals surface area contributed by atoms with Gasteiger partial charge in [0.1, 0.15) is 0 Å². The first-order chi connectivity index (χ1) is 11.4. The number of anilines is 3. The summed E-state index contributed by atoms with van der Waals surface area (Å²) in [6.45, 7) is 0. The van der Waals surface area contributed by atoms with Crippen LogP contribution in [0.1, 0.15) is 0 Å². The minimum Gasteiger partial charge on any atom is -0.310 e. The van der Waals surface area contributed by atoms with Gasteiger partial charge in [0.25, 0.3) is 0 Å². The van der Waals surface area contributed by atoms with E-state index in [1.165, 1.54) is 28.2 Å². The highest BCUT2D eigenvalue weighted by Gasteiger charge is 2.15. The Bertz CT molecular complexity index is 798. The number of nitrogens with zero attached hydrogens (tertiary/aromatic N) is 1. The van der Waals surface area contributed by atoms with Crippen molar-refractivity contribution in [2.24, 2.45) is 0 Å². The zero-order valence-corrected chi connectivity index (χ0v) is 12.8. The lowest BCUT2D eigenvalue weighted by atomic mass is 10.2. The molecule has 0 radical (unpaired) electrons. The fraction of sp³-hybridized carbons (Fsp3) is 0. The number of rotatable bonds is 3. The molecular weight excluding hydrogens is 278 g/mol. The normalized spacial score (nSPS) is 10.6. The lowest BCUT2D eigenvalue weighted by Crippen LogP contribution is -2.08. The van der Waals surface area contributed by atoms with Crippen LogP contribution < -0.4 is 4.90 Å². The van der Waals surface area contributed by atoms with E-state index in [0.29, 0.717) is 0 Å². The van der Waals surface area contributed by atoms with Crippen LogP contribution in [-0.4, -0.2) is 0 Å². The maximum absolute atomic E-state index is 2.29. The first-order valence-corrected chi connectivity index (χ1v) is 7.81. The molecule has 0 spiro atoms. The topological polar surface area (TPSA) is 3.24 Å². The highest BCUT2D eigenvalue weighted by atomic mass is 15.1. The monoisotopic (exact) mass is 295 g/mol. The van der Waals surface area contributed by atoms with Crippen LogP contribution in [0.15, 0.2) is 103 Å². The van der Waals surface area contributed by atoms with Gasteiger partial charge >= 0.3 is 0 Å². The molecule has 0 N–H and O–H groups in total. The summed E-state index contributed by atoms with van der Waals surface area (Å²) in [4.78, 5) is 2.29. The number of fused-ring (bicyclic) bond motifs is 1. The molecule has 0 unspecified atom stereocenters. The lowest BCUT2D eigenvalue weighted by molar-refractivity contribution is 1.30. The molecule has 0 saturated carbocycles. The fourth-order valence-corrected chi connectivity index (χ4v) is 2.93. The Balaban J connectivity index is 1.90. The average molecular weight is 295 g/mol. The highest BCUT2D eigenvalue weighted by Crippen LogP contribution is 2.39. The first kappa shape index (κ1) is 13.6. The quantitative estimate of drug-likeness (QED) is 0.431. The number of hydrogen-bond acceptors (Lipinski definition) is 1. The molecule has 1 nitrogen and oxygen atoms in total. The molecule has 0 atom stereocenters. The highest BCUT2D eigenvalue weighted by molar-refractivity contribution is 5.84. The molecule has 2 aromatic rings. The van der Waals surface area contributed by atoms with E-state index in [9.17, 15) is 0 Å². The minimum absolute atomic E-state index is 1.17. The van der Waals surface area contributed by atoms with Crippen LogP contribution in [0.4, 0.5) is 17.1 Å². The third kappa shape index (κ3) is 2.69. The third-order valence-corrected chi connectivity index (χ3v) is 4.00. The van der Waals surface area contributed by atoms with E-state index in [1.54, 1.807) is 0 Å². The van der Waals surface area contributed by atoms with Gasteiger partial charge in [-0.15, -0.1) is 0 Å². The van der Waals surface area contributed by atoms with Gasteiger partial charge in [0, 0.05) is 17.1 Å². The van der Waals surface area contributed by atoms with Crippen molar-refractivity contribution in [2.75, 3.05) is 4.90 Å². The summed E-state index contributed by atoms with van der Waals surface area (Å²) in [5, 5.41) is 0. The lowest BCUT2D eigenvalue weighted by Gasteiger charge is -2.24. The Hall–Kier alpha value is -3.06. The van der Waals surface area contributed by atoms with Crippen molar-refractivity contribution in [1.29, 1.82) is 0 Å². The molecule has 0 bridgehead atoms. The summed E-state index contributed by atoms with van der Waals surface area (Å²) < 4.78 is 0. The van der Waals surface area contributed by atoms with Crippen molar-refractivity contribution >= 4 is 17.1 Å². The van der Waals surface area contributed by atoms with E-state index in [4.69, 9.17) is 0 Å². The van der Waals surface area contributed by atoms with Gasteiger partial charge in [-0.05, 0) is 47.5 Å². The Morgan fingerprint density at radius 3 is 1.22 bits per heavy atom. The van der Waals surface area contributed by atoms with Gasteiger partial charge in [-0.2, -0.15) is 0 Å². The number of para-hydroxylation sites is 2. The average Bonchev–Trinajstić information content (AvgIpc) is 2.87. The molecule has 0 aliphatic heterocycles. The minimum atomic E-state index is 1.17. The van der Waals surface area contributed by atoms with Gasteiger partial charge in [-0.25, -0.2) is 0 Å². The van der Waals surface area contributed by atoms with Gasteiger partial charge in [0.2, 0.25) is 0 Å². The molecule has 110 valence electrons. The Labute approximate surface area is 136 Å². The molecule has 0 fully saturated rings. The van der Waals surface area contributed by atoms with E-state index in [1.807, 2.05) is 12.1 Å². The second-order valence-corrected chi connectivity index (χ2v) is 5.54. The van der Waals surface area contributed by atoms with E-state index >= 15 is 0 Å². The van der Waals surface area contributed by atoms with E-state index in [0.717, 1.165) is 0 Å². The summed E-state index contributed by atoms with van der Waals surface area (Å²) in [6.07, 6.45) is 0. The predicted molar refractivity (Wildman–Crippen MR) is 97.7 cm³/mol. The largest absolute Gasteiger partial charge is 0.310 e. The Morgan fingerprint density at radius 2 is 0.783 bits per heavy atom. The van der Waals surface area contributed by atoms with Crippen LogP contribution in [0.2, 0.25) is 0 Å². The molecule has 4 rings (SSSR count). The van der Waals surface area contributed by atoms with Crippen molar-refractivity contribution in [2.45, 2.75) is 0 Å². The molecule has 2 aliphatic rings. The molecule has 1 heteroatoms. The van der Waals surface area contributed by atoms with Crippen molar-refractivity contribution < 1.29 is 0 Å². The SMILES string of the molecule is c1ccc2cc(N(c3ccccc3)c3ccccc3)cc-2cc1. The zero-order chi connectivity index (χ0) is 15.5. The van der Waals surface area contributed by atoms with E-state index in [2.05, 4.69) is 95.9 Å². The maximum Gasteiger partial charge on any atom is 0.0473 e. The third-order valence-electron chi connectivity index (χ3n) is 4.00. The van der Waals surface area contributed by atoms with Crippen LogP contribution in [0, 0.1) is 0 Å². The van der Waals surface area contributed by atoms with Crippen molar-refractivity contribution in [3.63, 3.8) is 0 Å². The summed E-state index contributed by atoms with van der Waals surface area (Å²) in [5.41, 5.74) is 6.02. The molecular formula is C22H17N. The summed E-state index contributed by atoms with van der Waals surface area (Å²) in [6, 6.07) is 36.0. The van der Waals surface area contributed by atoms with Crippen LogP contribution in [0.3, 0.4) is 0 Å². The number of hydrogen-bond donors (Lipinski definition) is 0. The Kier molecular flexibility index (Phi) is 3.53. The van der Waals surface area contributed by atoms with Gasteiger partial charge in [0.05, 0.1) is 0 Å². The molecule has 0 aromatic heterocycles. The molecule has 23 heavy (non-hydrogen) atoms. The van der Waals surface area contributed by atoms with Gasteiger partial charge in [-0.3, -0.25) is 0 Å². The number of benzene rings is 2. The zero-order valence-electron chi connectivity index (χ0n) is 12.8.